The van der Waals surface area contributed by atoms with Crippen molar-refractivity contribution in [2.75, 3.05) is 12.4 Å². The van der Waals surface area contributed by atoms with Crippen LogP contribution in [0.2, 0.25) is 0 Å². The highest BCUT2D eigenvalue weighted by Crippen LogP contribution is 2.28. The number of amides is 1. The minimum Gasteiger partial charge on any atom is -0.497 e. The van der Waals surface area contributed by atoms with Crippen LogP contribution in [0, 0.1) is 0 Å². The number of benzene rings is 3. The number of hydrogen-bond acceptors (Lipinski definition) is 3. The maximum Gasteiger partial charge on any atom is 0.256 e. The van der Waals surface area contributed by atoms with Gasteiger partial charge in [0.25, 0.3) is 5.91 Å². The molecule has 0 radical (unpaired) electrons. The van der Waals surface area contributed by atoms with Crippen LogP contribution >= 0.6 is 15.9 Å². The van der Waals surface area contributed by atoms with Crippen molar-refractivity contribution in [3.05, 3.63) is 88.4 Å². The first kappa shape index (κ1) is 20.1. The number of carbonyl (C=O) groups excluding carboxylic acids is 1. The minimum atomic E-state index is -0.160. The Bertz CT molecular complexity index is 1200. The number of aromatic nitrogens is 1. The molecule has 0 unspecified atom stereocenters. The van der Waals surface area contributed by atoms with Crippen LogP contribution in [0.15, 0.2) is 77.3 Å². The molecular formula is C25H21BrN2O2. The third-order valence-corrected chi connectivity index (χ3v) is 5.54. The summed E-state index contributed by atoms with van der Waals surface area (Å²) in [5.41, 5.74) is 4.97. The van der Waals surface area contributed by atoms with E-state index in [-0.39, 0.29) is 5.91 Å². The second-order valence-electron chi connectivity index (χ2n) is 6.95. The lowest BCUT2D eigenvalue weighted by Crippen LogP contribution is -2.13. The monoisotopic (exact) mass is 460 g/mol. The smallest absolute Gasteiger partial charge is 0.256 e. The molecule has 4 aromatic rings. The van der Waals surface area contributed by atoms with Gasteiger partial charge in [-0.2, -0.15) is 0 Å². The molecule has 4 rings (SSSR count). The number of nitrogens with zero attached hydrogens (tertiary/aromatic N) is 1. The normalized spacial score (nSPS) is 10.8. The summed E-state index contributed by atoms with van der Waals surface area (Å²) in [6.45, 7) is 2.10. The summed E-state index contributed by atoms with van der Waals surface area (Å²) < 4.78 is 6.21. The van der Waals surface area contributed by atoms with Crippen LogP contribution in [0.1, 0.15) is 22.8 Å². The largest absolute Gasteiger partial charge is 0.497 e. The van der Waals surface area contributed by atoms with Crippen molar-refractivity contribution in [1.82, 2.24) is 4.98 Å². The molecule has 0 saturated heterocycles. The Kier molecular flexibility index (Phi) is 5.81. The van der Waals surface area contributed by atoms with Crippen LogP contribution in [0.5, 0.6) is 5.75 Å². The molecule has 0 aliphatic heterocycles. The average molecular weight is 461 g/mol. The van der Waals surface area contributed by atoms with E-state index < -0.39 is 0 Å². The van der Waals surface area contributed by atoms with Crippen LogP contribution < -0.4 is 10.1 Å². The molecule has 5 heteroatoms. The van der Waals surface area contributed by atoms with Gasteiger partial charge in [0.2, 0.25) is 0 Å². The molecule has 150 valence electrons. The molecule has 0 atom stereocenters. The summed E-state index contributed by atoms with van der Waals surface area (Å²) in [7, 11) is 1.64. The van der Waals surface area contributed by atoms with E-state index in [0.717, 1.165) is 44.5 Å². The summed E-state index contributed by atoms with van der Waals surface area (Å²) in [5.74, 6) is 0.619. The van der Waals surface area contributed by atoms with Gasteiger partial charge in [-0.15, -0.1) is 0 Å². The number of fused-ring (bicyclic) bond motifs is 1. The van der Waals surface area contributed by atoms with Gasteiger partial charge in [-0.3, -0.25) is 4.79 Å². The lowest BCUT2D eigenvalue weighted by atomic mass is 10.0. The molecule has 1 heterocycles. The minimum absolute atomic E-state index is 0.160. The first-order valence-electron chi connectivity index (χ1n) is 9.72. The standard InChI is InChI=1S/C25H21BrN2O2/c1-3-16-4-13-23-21(14-16)22(25(29)27-19-9-7-18(26)8-10-19)15-24(28-23)17-5-11-20(30-2)12-6-17/h4-15H,3H2,1-2H3,(H,27,29). The number of pyridine rings is 1. The number of hydrogen-bond donors (Lipinski definition) is 1. The van der Waals surface area contributed by atoms with Gasteiger partial charge in [0.15, 0.2) is 0 Å². The van der Waals surface area contributed by atoms with E-state index in [4.69, 9.17) is 9.72 Å². The van der Waals surface area contributed by atoms with Gasteiger partial charge >= 0.3 is 0 Å². The Labute approximate surface area is 184 Å². The molecule has 1 amide bonds. The molecule has 30 heavy (non-hydrogen) atoms. The Morgan fingerprint density at radius 3 is 2.40 bits per heavy atom. The average Bonchev–Trinajstić information content (AvgIpc) is 2.79. The summed E-state index contributed by atoms with van der Waals surface area (Å²) in [6, 6.07) is 23.2. The predicted molar refractivity (Wildman–Crippen MR) is 125 cm³/mol. The first-order valence-corrected chi connectivity index (χ1v) is 10.5. The second kappa shape index (κ2) is 8.67. The zero-order valence-corrected chi connectivity index (χ0v) is 18.4. The number of methoxy groups -OCH3 is 1. The molecule has 4 nitrogen and oxygen atoms in total. The van der Waals surface area contributed by atoms with Crippen LogP contribution in [0.25, 0.3) is 22.2 Å². The van der Waals surface area contributed by atoms with Gasteiger partial charge in [-0.1, -0.05) is 28.9 Å². The van der Waals surface area contributed by atoms with E-state index >= 15 is 0 Å². The van der Waals surface area contributed by atoms with Gasteiger partial charge in [0.05, 0.1) is 23.9 Å². The van der Waals surface area contributed by atoms with Gasteiger partial charge in [-0.05, 0) is 78.7 Å². The van der Waals surface area contributed by atoms with Crippen LogP contribution in [0.4, 0.5) is 5.69 Å². The van der Waals surface area contributed by atoms with Gasteiger partial charge < -0.3 is 10.1 Å². The second-order valence-corrected chi connectivity index (χ2v) is 7.87. The molecule has 1 N–H and O–H groups in total. The van der Waals surface area contributed by atoms with Crippen molar-refractivity contribution >= 4 is 38.4 Å². The Morgan fingerprint density at radius 2 is 1.73 bits per heavy atom. The zero-order valence-electron chi connectivity index (χ0n) is 16.8. The topological polar surface area (TPSA) is 51.2 Å². The third-order valence-electron chi connectivity index (χ3n) is 5.01. The van der Waals surface area contributed by atoms with Crippen molar-refractivity contribution in [2.24, 2.45) is 0 Å². The first-order chi connectivity index (χ1) is 14.6. The van der Waals surface area contributed by atoms with E-state index in [1.807, 2.05) is 60.7 Å². The number of carbonyl (C=O) groups is 1. The molecule has 0 spiro atoms. The molecule has 0 saturated carbocycles. The van der Waals surface area contributed by atoms with Crippen molar-refractivity contribution < 1.29 is 9.53 Å². The lowest BCUT2D eigenvalue weighted by Gasteiger charge is -2.12. The summed E-state index contributed by atoms with van der Waals surface area (Å²) >= 11 is 3.42. The number of rotatable bonds is 5. The van der Waals surface area contributed by atoms with Crippen molar-refractivity contribution in [2.45, 2.75) is 13.3 Å². The van der Waals surface area contributed by atoms with E-state index in [0.29, 0.717) is 5.56 Å². The molecule has 0 aliphatic carbocycles. The van der Waals surface area contributed by atoms with Gasteiger partial charge in [-0.25, -0.2) is 4.98 Å². The predicted octanol–water partition coefficient (Wildman–Crippen LogP) is 6.49. The van der Waals surface area contributed by atoms with E-state index in [2.05, 4.69) is 40.3 Å². The van der Waals surface area contributed by atoms with Crippen molar-refractivity contribution in [3.8, 4) is 17.0 Å². The van der Waals surface area contributed by atoms with E-state index in [9.17, 15) is 4.79 Å². The van der Waals surface area contributed by atoms with Gasteiger partial charge in [0.1, 0.15) is 5.75 Å². The number of nitrogens with one attached hydrogen (secondary N) is 1. The Balaban J connectivity index is 1.81. The molecular weight excluding hydrogens is 440 g/mol. The van der Waals surface area contributed by atoms with E-state index in [1.165, 1.54) is 5.56 Å². The fourth-order valence-corrected chi connectivity index (χ4v) is 3.59. The fourth-order valence-electron chi connectivity index (χ4n) is 3.32. The summed E-state index contributed by atoms with van der Waals surface area (Å²) in [6.07, 6.45) is 0.893. The highest BCUT2D eigenvalue weighted by atomic mass is 79.9. The fraction of sp³-hybridized carbons (Fsp3) is 0.120. The van der Waals surface area contributed by atoms with Crippen molar-refractivity contribution in [1.29, 1.82) is 0 Å². The SMILES string of the molecule is CCc1ccc2nc(-c3ccc(OC)cc3)cc(C(=O)Nc3ccc(Br)cc3)c2c1. The molecule has 3 aromatic carbocycles. The van der Waals surface area contributed by atoms with Crippen LogP contribution in [-0.2, 0) is 6.42 Å². The summed E-state index contributed by atoms with van der Waals surface area (Å²) in [4.78, 5) is 18.0. The molecule has 0 fully saturated rings. The summed E-state index contributed by atoms with van der Waals surface area (Å²) in [5, 5.41) is 3.85. The Hall–Kier alpha value is -3.18. The molecule has 0 bridgehead atoms. The highest BCUT2D eigenvalue weighted by Gasteiger charge is 2.15. The quantitative estimate of drug-likeness (QED) is 0.370. The number of halogens is 1. The number of ether oxygens (including phenoxy) is 1. The zero-order chi connectivity index (χ0) is 21.1. The third kappa shape index (κ3) is 4.21. The maximum atomic E-state index is 13.2. The number of anilines is 1. The Morgan fingerprint density at radius 1 is 1.00 bits per heavy atom. The molecule has 0 aliphatic rings. The maximum absolute atomic E-state index is 13.2. The molecule has 1 aromatic heterocycles. The lowest BCUT2D eigenvalue weighted by molar-refractivity contribution is 0.102. The van der Waals surface area contributed by atoms with Gasteiger partial charge in [0, 0.05) is 21.1 Å². The van der Waals surface area contributed by atoms with Crippen LogP contribution in [-0.4, -0.2) is 18.0 Å². The number of aryl methyl sites for hydroxylation is 1. The van der Waals surface area contributed by atoms with Crippen LogP contribution in [0.3, 0.4) is 0 Å². The van der Waals surface area contributed by atoms with Crippen molar-refractivity contribution in [3.63, 3.8) is 0 Å². The van der Waals surface area contributed by atoms with E-state index in [1.54, 1.807) is 7.11 Å². The highest BCUT2D eigenvalue weighted by molar-refractivity contribution is 9.10.